The number of carboxylic acid groups (broad SMARTS) is 1. The van der Waals surface area contributed by atoms with Crippen LogP contribution in [0, 0.1) is 10.6 Å². The van der Waals surface area contributed by atoms with Crippen LogP contribution in [0.5, 0.6) is 0 Å². The molecule has 0 amide bonds. The lowest BCUT2D eigenvalue weighted by molar-refractivity contribution is -0.841. The molecule has 2 atom stereocenters. The Balaban J connectivity index is 3.87. The summed E-state index contributed by atoms with van der Waals surface area (Å²) >= 11 is 0. The molecule has 17 heavy (non-hydrogen) atoms. The van der Waals surface area contributed by atoms with Gasteiger partial charge in [-0.15, -0.1) is 0 Å². The minimum Gasteiger partial charge on any atom is -0.634 e. The van der Waals surface area contributed by atoms with Crippen LogP contribution in [0.15, 0.2) is 0 Å². The molecule has 0 aliphatic carbocycles. The van der Waals surface area contributed by atoms with E-state index in [9.17, 15) is 10.0 Å². The second-order valence-electron chi connectivity index (χ2n) is 5.36. The first-order chi connectivity index (χ1) is 7.76. The first-order valence-electron chi connectivity index (χ1n) is 6.03. The summed E-state index contributed by atoms with van der Waals surface area (Å²) in [5, 5.41) is 19.6. The van der Waals surface area contributed by atoms with Crippen LogP contribution in [0.1, 0.15) is 40.0 Å². The Morgan fingerprint density at radius 2 is 2.06 bits per heavy atom. The Bertz CT molecular complexity index is 231. The first-order valence-corrected chi connectivity index (χ1v) is 6.03. The minimum absolute atomic E-state index is 0.0565. The fourth-order valence-corrected chi connectivity index (χ4v) is 1.57. The zero-order chi connectivity index (χ0) is 13.5. The molecule has 5 heteroatoms. The van der Waals surface area contributed by atoms with Gasteiger partial charge in [0.15, 0.2) is 6.54 Å². The molecule has 0 aliphatic heterocycles. The SMILES string of the molecule is COC(C)CCC(C)(C)CC[NH+]([O-])CC(=O)O. The highest BCUT2D eigenvalue weighted by Crippen LogP contribution is 2.26. The van der Waals surface area contributed by atoms with Gasteiger partial charge in [-0.1, -0.05) is 13.8 Å². The third-order valence-electron chi connectivity index (χ3n) is 3.06. The molecule has 5 nitrogen and oxygen atoms in total. The van der Waals surface area contributed by atoms with E-state index in [0.29, 0.717) is 6.54 Å². The highest BCUT2D eigenvalue weighted by atomic mass is 16.5. The van der Waals surface area contributed by atoms with Crippen molar-refractivity contribution in [3.05, 3.63) is 5.21 Å². The van der Waals surface area contributed by atoms with Crippen LogP contribution in [0.25, 0.3) is 0 Å². The summed E-state index contributed by atoms with van der Waals surface area (Å²) in [6.45, 7) is 6.21. The fourth-order valence-electron chi connectivity index (χ4n) is 1.57. The average molecular weight is 247 g/mol. The number of rotatable bonds is 9. The number of hydrogen-bond acceptors (Lipinski definition) is 3. The molecule has 0 bridgehead atoms. The standard InChI is InChI=1S/C12H25NO4/c1-10(17-4)5-6-12(2,3)7-8-13(16)9-11(14)15/h10,13H,5-9H2,1-4H3,(H,14,15). The van der Waals surface area contributed by atoms with Crippen LogP contribution >= 0.6 is 0 Å². The molecular formula is C12H25NO4. The van der Waals surface area contributed by atoms with Crippen LogP contribution in [0.4, 0.5) is 0 Å². The van der Waals surface area contributed by atoms with Crippen molar-refractivity contribution in [1.29, 1.82) is 0 Å². The second-order valence-corrected chi connectivity index (χ2v) is 5.36. The van der Waals surface area contributed by atoms with Gasteiger partial charge in [0.05, 0.1) is 12.6 Å². The van der Waals surface area contributed by atoms with Crippen molar-refractivity contribution in [3.63, 3.8) is 0 Å². The van der Waals surface area contributed by atoms with Gasteiger partial charge >= 0.3 is 5.97 Å². The zero-order valence-corrected chi connectivity index (χ0v) is 11.3. The van der Waals surface area contributed by atoms with Gasteiger partial charge in [0.25, 0.3) is 0 Å². The molecule has 0 fully saturated rings. The van der Waals surface area contributed by atoms with Gasteiger partial charge in [-0.3, -0.25) is 0 Å². The summed E-state index contributed by atoms with van der Waals surface area (Å²) in [5.74, 6) is -1.04. The number of ether oxygens (including phenoxy) is 1. The van der Waals surface area contributed by atoms with Gasteiger partial charge in [0.1, 0.15) is 0 Å². The molecule has 0 aliphatic rings. The summed E-state index contributed by atoms with van der Waals surface area (Å²) < 4.78 is 5.18. The number of aliphatic carboxylic acids is 1. The van der Waals surface area contributed by atoms with E-state index in [1.54, 1.807) is 7.11 Å². The number of methoxy groups -OCH3 is 1. The average Bonchev–Trinajstić information content (AvgIpc) is 2.22. The summed E-state index contributed by atoms with van der Waals surface area (Å²) in [6.07, 6.45) is 2.89. The van der Waals surface area contributed by atoms with E-state index in [1.807, 2.05) is 6.92 Å². The fraction of sp³-hybridized carbons (Fsp3) is 0.917. The third kappa shape index (κ3) is 9.09. The third-order valence-corrected chi connectivity index (χ3v) is 3.06. The van der Waals surface area contributed by atoms with Gasteiger partial charge < -0.3 is 20.1 Å². The van der Waals surface area contributed by atoms with E-state index >= 15 is 0 Å². The number of quaternary nitrogens is 1. The van der Waals surface area contributed by atoms with Gasteiger partial charge in [0, 0.05) is 13.5 Å². The van der Waals surface area contributed by atoms with Crippen LogP contribution < -0.4 is 5.06 Å². The maximum Gasteiger partial charge on any atom is 0.359 e. The Morgan fingerprint density at radius 1 is 1.47 bits per heavy atom. The number of hydrogen-bond donors (Lipinski definition) is 2. The molecule has 102 valence electrons. The molecule has 0 saturated heterocycles. The maximum absolute atomic E-state index is 11.3. The molecule has 0 aromatic rings. The molecule has 0 saturated carbocycles. The minimum atomic E-state index is -1.04. The van der Waals surface area contributed by atoms with E-state index in [1.165, 1.54) is 0 Å². The molecule has 0 radical (unpaired) electrons. The predicted octanol–water partition coefficient (Wildman–Crippen LogP) is 0.685. The lowest BCUT2D eigenvalue weighted by atomic mass is 9.83. The topological polar surface area (TPSA) is 74.0 Å². The van der Waals surface area contributed by atoms with Gasteiger partial charge in [0.2, 0.25) is 0 Å². The zero-order valence-electron chi connectivity index (χ0n) is 11.3. The predicted molar refractivity (Wildman–Crippen MR) is 65.8 cm³/mol. The number of carboxylic acids is 1. The second kappa shape index (κ2) is 7.63. The number of carbonyl (C=O) groups is 1. The van der Waals surface area contributed by atoms with Crippen molar-refractivity contribution >= 4 is 5.97 Å². The summed E-state index contributed by atoms with van der Waals surface area (Å²) in [7, 11) is 1.69. The summed E-state index contributed by atoms with van der Waals surface area (Å²) in [4.78, 5) is 10.4. The van der Waals surface area contributed by atoms with Crippen molar-refractivity contribution in [2.24, 2.45) is 5.41 Å². The van der Waals surface area contributed by atoms with Gasteiger partial charge in [-0.25, -0.2) is 4.79 Å². The van der Waals surface area contributed by atoms with E-state index in [-0.39, 0.29) is 23.1 Å². The van der Waals surface area contributed by atoms with Crippen LogP contribution in [0.2, 0.25) is 0 Å². The Morgan fingerprint density at radius 3 is 2.53 bits per heavy atom. The van der Waals surface area contributed by atoms with Gasteiger partial charge in [-0.05, 0) is 25.2 Å². The Kier molecular flexibility index (Phi) is 7.34. The number of nitrogens with one attached hydrogen (secondary N) is 1. The van der Waals surface area contributed by atoms with Crippen LogP contribution in [-0.4, -0.2) is 37.4 Å². The lowest BCUT2D eigenvalue weighted by Crippen LogP contribution is -3.08. The molecule has 2 N–H and O–H groups in total. The normalized spacial score (nSPS) is 15.6. The first kappa shape index (κ1) is 16.4. The molecular weight excluding hydrogens is 222 g/mol. The molecule has 2 unspecified atom stereocenters. The lowest BCUT2D eigenvalue weighted by Gasteiger charge is -2.29. The molecule has 0 spiro atoms. The molecule has 0 aromatic heterocycles. The maximum atomic E-state index is 11.3. The van der Waals surface area contributed by atoms with Crippen molar-refractivity contribution in [2.75, 3.05) is 20.2 Å². The summed E-state index contributed by atoms with van der Waals surface area (Å²) in [6, 6.07) is 0. The molecule has 0 heterocycles. The number of hydroxylamine groups is 2. The van der Waals surface area contributed by atoms with E-state index in [4.69, 9.17) is 9.84 Å². The van der Waals surface area contributed by atoms with Crippen molar-refractivity contribution in [1.82, 2.24) is 0 Å². The smallest absolute Gasteiger partial charge is 0.359 e. The Hall–Kier alpha value is -0.650. The van der Waals surface area contributed by atoms with Crippen molar-refractivity contribution in [3.8, 4) is 0 Å². The summed E-state index contributed by atoms with van der Waals surface area (Å²) in [5.41, 5.74) is 0.0565. The van der Waals surface area contributed by atoms with E-state index in [2.05, 4.69) is 13.8 Å². The van der Waals surface area contributed by atoms with Gasteiger partial charge in [-0.2, -0.15) is 0 Å². The van der Waals surface area contributed by atoms with Crippen LogP contribution in [-0.2, 0) is 9.53 Å². The molecule has 0 aromatic carbocycles. The highest BCUT2D eigenvalue weighted by Gasteiger charge is 2.20. The van der Waals surface area contributed by atoms with E-state index in [0.717, 1.165) is 19.3 Å². The Labute approximate surface area is 103 Å². The largest absolute Gasteiger partial charge is 0.634 e. The quantitative estimate of drug-likeness (QED) is 0.588. The monoisotopic (exact) mass is 247 g/mol. The van der Waals surface area contributed by atoms with Crippen molar-refractivity contribution < 1.29 is 19.7 Å². The highest BCUT2D eigenvalue weighted by molar-refractivity contribution is 5.67. The van der Waals surface area contributed by atoms with Crippen molar-refractivity contribution in [2.45, 2.75) is 46.1 Å². The van der Waals surface area contributed by atoms with Crippen LogP contribution in [0.3, 0.4) is 0 Å². The van der Waals surface area contributed by atoms with E-state index < -0.39 is 5.97 Å². The molecule has 0 rings (SSSR count).